The highest BCUT2D eigenvalue weighted by atomic mass is 16.3. The number of amides is 1. The van der Waals surface area contributed by atoms with Gasteiger partial charge in [0.2, 0.25) is 5.91 Å². The lowest BCUT2D eigenvalue weighted by Crippen LogP contribution is -2.39. The molecule has 1 fully saturated rings. The zero-order valence-electron chi connectivity index (χ0n) is 12.9. The Kier molecular flexibility index (Phi) is 3.72. The molecule has 2 heterocycles. The number of furan rings is 1. The van der Waals surface area contributed by atoms with Crippen LogP contribution in [-0.4, -0.2) is 37.0 Å². The molecule has 0 saturated carbocycles. The summed E-state index contributed by atoms with van der Waals surface area (Å²) < 4.78 is 5.68. The van der Waals surface area contributed by atoms with E-state index in [0.29, 0.717) is 12.5 Å². The van der Waals surface area contributed by atoms with Crippen molar-refractivity contribution in [1.82, 2.24) is 10.2 Å². The highest BCUT2D eigenvalue weighted by Crippen LogP contribution is 2.27. The number of nitrogens with one attached hydrogen (secondary N) is 1. The number of carbonyl (C=O) groups excluding carboxylic acids is 1. The van der Waals surface area contributed by atoms with E-state index < -0.39 is 0 Å². The Bertz CT molecular complexity index is 669. The molecule has 1 aliphatic rings. The third kappa shape index (κ3) is 2.56. The number of carbonyl (C=O) groups is 1. The summed E-state index contributed by atoms with van der Waals surface area (Å²) in [6.45, 7) is 6.02. The van der Waals surface area contributed by atoms with Crippen LogP contribution in [0.15, 0.2) is 22.8 Å². The van der Waals surface area contributed by atoms with E-state index in [1.165, 1.54) is 5.56 Å². The van der Waals surface area contributed by atoms with Crippen molar-refractivity contribution < 1.29 is 9.21 Å². The standard InChI is InChI=1S/C17H22N2O2/c1-11-4-5-15-13(10-21-17(15)12(11)2)8-16(20)19(3)14-6-7-18-9-14/h4-5,10,14,18H,6-9H2,1-3H3. The van der Waals surface area contributed by atoms with Crippen LogP contribution in [0.4, 0.5) is 0 Å². The van der Waals surface area contributed by atoms with Crippen molar-refractivity contribution in [3.05, 3.63) is 35.1 Å². The summed E-state index contributed by atoms with van der Waals surface area (Å²) in [6, 6.07) is 4.46. The molecule has 112 valence electrons. The minimum Gasteiger partial charge on any atom is -0.464 e. The molecular formula is C17H22N2O2. The smallest absolute Gasteiger partial charge is 0.227 e. The largest absolute Gasteiger partial charge is 0.464 e. The van der Waals surface area contributed by atoms with Gasteiger partial charge < -0.3 is 14.6 Å². The molecule has 1 atom stereocenters. The van der Waals surface area contributed by atoms with E-state index in [1.54, 1.807) is 6.26 Å². The van der Waals surface area contributed by atoms with E-state index in [2.05, 4.69) is 31.3 Å². The van der Waals surface area contributed by atoms with E-state index in [0.717, 1.165) is 41.6 Å². The predicted octanol–water partition coefficient (Wildman–Crippen LogP) is 2.41. The zero-order chi connectivity index (χ0) is 15.0. The molecule has 4 nitrogen and oxygen atoms in total. The fourth-order valence-corrected chi connectivity index (χ4v) is 2.99. The van der Waals surface area contributed by atoms with Crippen LogP contribution in [0.2, 0.25) is 0 Å². The second kappa shape index (κ2) is 5.53. The number of hydrogen-bond acceptors (Lipinski definition) is 3. The van der Waals surface area contributed by atoms with Gasteiger partial charge in [-0.25, -0.2) is 0 Å². The van der Waals surface area contributed by atoms with Gasteiger partial charge in [-0.15, -0.1) is 0 Å². The molecule has 0 spiro atoms. The minimum atomic E-state index is 0.157. The fraction of sp³-hybridized carbons (Fsp3) is 0.471. The van der Waals surface area contributed by atoms with Gasteiger partial charge in [0, 0.05) is 30.6 Å². The number of aryl methyl sites for hydroxylation is 2. The first kappa shape index (κ1) is 14.1. The van der Waals surface area contributed by atoms with Gasteiger partial charge in [-0.2, -0.15) is 0 Å². The molecule has 1 saturated heterocycles. The average Bonchev–Trinajstić information content (AvgIpc) is 3.12. The van der Waals surface area contributed by atoms with Crippen LogP contribution in [0.5, 0.6) is 0 Å². The van der Waals surface area contributed by atoms with Crippen molar-refractivity contribution in [3.8, 4) is 0 Å². The summed E-state index contributed by atoms with van der Waals surface area (Å²) in [5.74, 6) is 0.157. The number of benzene rings is 1. The maximum absolute atomic E-state index is 12.4. The molecule has 1 aliphatic heterocycles. The Balaban J connectivity index is 1.81. The number of fused-ring (bicyclic) bond motifs is 1. The summed E-state index contributed by atoms with van der Waals surface area (Å²) in [6.07, 6.45) is 3.17. The molecular weight excluding hydrogens is 264 g/mol. The first-order chi connectivity index (χ1) is 10.1. The Morgan fingerprint density at radius 2 is 2.24 bits per heavy atom. The van der Waals surface area contributed by atoms with Crippen molar-refractivity contribution in [2.24, 2.45) is 0 Å². The Morgan fingerprint density at radius 1 is 1.43 bits per heavy atom. The molecule has 1 aromatic heterocycles. The maximum Gasteiger partial charge on any atom is 0.227 e. The summed E-state index contributed by atoms with van der Waals surface area (Å²) in [5, 5.41) is 4.36. The van der Waals surface area contributed by atoms with E-state index >= 15 is 0 Å². The Morgan fingerprint density at radius 3 is 2.95 bits per heavy atom. The third-order valence-electron chi connectivity index (χ3n) is 4.66. The molecule has 21 heavy (non-hydrogen) atoms. The second-order valence-electron chi connectivity index (χ2n) is 5.97. The van der Waals surface area contributed by atoms with Crippen LogP contribution in [0.25, 0.3) is 11.0 Å². The summed E-state index contributed by atoms with van der Waals surface area (Å²) >= 11 is 0. The number of nitrogens with zero attached hydrogens (tertiary/aromatic N) is 1. The molecule has 0 bridgehead atoms. The molecule has 2 aromatic rings. The normalized spacial score (nSPS) is 18.3. The van der Waals surface area contributed by atoms with Crippen LogP contribution < -0.4 is 5.32 Å². The van der Waals surface area contributed by atoms with E-state index in [1.807, 2.05) is 11.9 Å². The van der Waals surface area contributed by atoms with Crippen LogP contribution in [0.3, 0.4) is 0 Å². The Labute approximate surface area is 125 Å². The Hall–Kier alpha value is -1.81. The lowest BCUT2D eigenvalue weighted by molar-refractivity contribution is -0.130. The van der Waals surface area contributed by atoms with Crippen molar-refractivity contribution in [1.29, 1.82) is 0 Å². The second-order valence-corrected chi connectivity index (χ2v) is 5.97. The molecule has 3 rings (SSSR count). The number of rotatable bonds is 3. The maximum atomic E-state index is 12.4. The van der Waals surface area contributed by atoms with Crippen LogP contribution in [0, 0.1) is 13.8 Å². The van der Waals surface area contributed by atoms with Crippen molar-refractivity contribution in [2.75, 3.05) is 20.1 Å². The van der Waals surface area contributed by atoms with Gasteiger partial charge in [0.15, 0.2) is 0 Å². The SMILES string of the molecule is Cc1ccc2c(CC(=O)N(C)C3CCNC3)coc2c1C. The average molecular weight is 286 g/mol. The lowest BCUT2D eigenvalue weighted by atomic mass is 10.0. The molecule has 0 aliphatic carbocycles. The predicted molar refractivity (Wildman–Crippen MR) is 83.4 cm³/mol. The quantitative estimate of drug-likeness (QED) is 0.942. The molecule has 1 N–H and O–H groups in total. The van der Waals surface area contributed by atoms with Crippen molar-refractivity contribution in [3.63, 3.8) is 0 Å². The minimum absolute atomic E-state index is 0.157. The molecule has 1 amide bonds. The van der Waals surface area contributed by atoms with Gasteiger partial charge >= 0.3 is 0 Å². The first-order valence-corrected chi connectivity index (χ1v) is 7.50. The molecule has 0 radical (unpaired) electrons. The van der Waals surface area contributed by atoms with Crippen molar-refractivity contribution in [2.45, 2.75) is 32.7 Å². The summed E-state index contributed by atoms with van der Waals surface area (Å²) in [4.78, 5) is 14.3. The highest BCUT2D eigenvalue weighted by molar-refractivity contribution is 5.89. The fourth-order valence-electron chi connectivity index (χ4n) is 2.99. The van der Waals surface area contributed by atoms with Gasteiger partial charge in [-0.05, 0) is 37.9 Å². The molecule has 1 unspecified atom stereocenters. The number of hydrogen-bond donors (Lipinski definition) is 1. The van der Waals surface area contributed by atoms with Gasteiger partial charge in [-0.1, -0.05) is 12.1 Å². The summed E-state index contributed by atoms with van der Waals surface area (Å²) in [7, 11) is 1.90. The topological polar surface area (TPSA) is 45.5 Å². The van der Waals surface area contributed by atoms with E-state index in [4.69, 9.17) is 4.42 Å². The van der Waals surface area contributed by atoms with Gasteiger partial charge in [0.1, 0.15) is 5.58 Å². The molecule has 4 heteroatoms. The van der Waals surface area contributed by atoms with Gasteiger partial charge in [0.25, 0.3) is 0 Å². The monoisotopic (exact) mass is 286 g/mol. The highest BCUT2D eigenvalue weighted by Gasteiger charge is 2.24. The van der Waals surface area contributed by atoms with E-state index in [9.17, 15) is 4.79 Å². The van der Waals surface area contributed by atoms with Crippen LogP contribution >= 0.6 is 0 Å². The van der Waals surface area contributed by atoms with Gasteiger partial charge in [-0.3, -0.25) is 4.79 Å². The number of likely N-dealkylation sites (N-methyl/N-ethyl adjacent to an activating group) is 1. The lowest BCUT2D eigenvalue weighted by Gasteiger charge is -2.23. The van der Waals surface area contributed by atoms with Crippen molar-refractivity contribution >= 4 is 16.9 Å². The van der Waals surface area contributed by atoms with Gasteiger partial charge in [0.05, 0.1) is 12.7 Å². The molecule has 1 aromatic carbocycles. The van der Waals surface area contributed by atoms with Crippen LogP contribution in [0.1, 0.15) is 23.1 Å². The van der Waals surface area contributed by atoms with E-state index in [-0.39, 0.29) is 5.91 Å². The first-order valence-electron chi connectivity index (χ1n) is 7.50. The third-order valence-corrected chi connectivity index (χ3v) is 4.66. The summed E-state index contributed by atoms with van der Waals surface area (Å²) in [5.41, 5.74) is 4.25. The van der Waals surface area contributed by atoms with Crippen LogP contribution in [-0.2, 0) is 11.2 Å². The zero-order valence-corrected chi connectivity index (χ0v) is 12.9.